The Balaban J connectivity index is 1.45. The van der Waals surface area contributed by atoms with E-state index in [1.807, 2.05) is 27.7 Å². The third kappa shape index (κ3) is 5.42. The summed E-state index contributed by atoms with van der Waals surface area (Å²) < 4.78 is 12.9. The van der Waals surface area contributed by atoms with E-state index in [2.05, 4.69) is 61.2 Å². The number of carbonyl (C=O) groups excluding carboxylic acids is 1. The first-order valence-corrected chi connectivity index (χ1v) is 13.0. The second kappa shape index (κ2) is 9.61. The summed E-state index contributed by atoms with van der Waals surface area (Å²) in [5.41, 5.74) is 1.25. The van der Waals surface area contributed by atoms with Crippen molar-refractivity contribution in [3.05, 3.63) is 58.5 Å². The molecule has 0 spiro atoms. The van der Waals surface area contributed by atoms with Gasteiger partial charge < -0.3 is 9.47 Å². The molecule has 0 aliphatic heterocycles. The summed E-state index contributed by atoms with van der Waals surface area (Å²) >= 11 is 0. The van der Waals surface area contributed by atoms with E-state index in [9.17, 15) is 4.79 Å². The molecule has 1 saturated carbocycles. The first-order chi connectivity index (χ1) is 15.7. The topological polar surface area (TPSA) is 35.5 Å². The summed E-state index contributed by atoms with van der Waals surface area (Å²) in [5, 5.41) is 1.30. The molecular weight excluding hydrogens is 428 g/mol. The molecule has 1 unspecified atom stereocenters. The van der Waals surface area contributed by atoms with Crippen molar-refractivity contribution in [3.8, 4) is 22.5 Å². The van der Waals surface area contributed by atoms with Gasteiger partial charge in [-0.25, -0.2) is 4.79 Å². The van der Waals surface area contributed by atoms with Crippen LogP contribution >= 0.6 is 10.5 Å². The zero-order valence-corrected chi connectivity index (χ0v) is 21.1. The molecule has 3 aromatic rings. The maximum Gasteiger partial charge on any atom is 0.345 e. The normalized spacial score (nSPS) is 14.8. The molecule has 0 saturated heterocycles. The number of hydrogen-bond acceptors (Lipinski definition) is 3. The second-order valence-corrected chi connectivity index (χ2v) is 11.7. The van der Waals surface area contributed by atoms with Crippen molar-refractivity contribution >= 4 is 26.5 Å². The number of thiophene rings is 1. The molecular formula is C29H33O3S+. The van der Waals surface area contributed by atoms with E-state index in [1.165, 1.54) is 32.7 Å². The minimum Gasteiger partial charge on any atom is -0.481 e. The highest BCUT2D eigenvalue weighted by molar-refractivity contribution is 7.45. The molecule has 4 rings (SSSR count). The lowest BCUT2D eigenvalue weighted by Crippen LogP contribution is -2.29. The van der Waals surface area contributed by atoms with Crippen molar-refractivity contribution < 1.29 is 14.3 Å². The molecule has 2 aromatic carbocycles. The average molecular weight is 462 g/mol. The van der Waals surface area contributed by atoms with Crippen LogP contribution in [0.3, 0.4) is 0 Å². The van der Waals surface area contributed by atoms with Crippen LogP contribution in [0.25, 0.3) is 15.0 Å². The predicted molar refractivity (Wildman–Crippen MR) is 137 cm³/mol. The highest BCUT2D eigenvalue weighted by Gasteiger charge is 2.24. The monoisotopic (exact) mass is 461 g/mol. The van der Waals surface area contributed by atoms with E-state index in [-0.39, 0.29) is 17.1 Å². The van der Waals surface area contributed by atoms with Crippen LogP contribution in [0.5, 0.6) is 5.75 Å². The van der Waals surface area contributed by atoms with Gasteiger partial charge in [-0.05, 0) is 63.8 Å². The molecule has 1 fully saturated rings. The third-order valence-corrected chi connectivity index (χ3v) is 8.41. The SMILES string of the molecule is Cc1cc(-[s+]2c(C)cc3ccccc32)cc(C)c1OCC(=O)OC(C)(C)C#CC1CCCC1. The number of rotatable bonds is 5. The fraction of sp³-hybridized carbons (Fsp3) is 0.414. The Morgan fingerprint density at radius 1 is 1.06 bits per heavy atom. The number of esters is 1. The zero-order valence-electron chi connectivity index (χ0n) is 20.3. The van der Waals surface area contributed by atoms with Gasteiger partial charge >= 0.3 is 5.97 Å². The predicted octanol–water partition coefficient (Wildman–Crippen LogP) is 7.40. The Labute approximate surface area is 200 Å². The van der Waals surface area contributed by atoms with Crippen LogP contribution in [0.4, 0.5) is 0 Å². The summed E-state index contributed by atoms with van der Waals surface area (Å²) in [5.74, 6) is 7.24. The minimum absolute atomic E-state index is 0.0703. The van der Waals surface area contributed by atoms with E-state index in [4.69, 9.17) is 9.47 Å². The van der Waals surface area contributed by atoms with Crippen molar-refractivity contribution in [1.29, 1.82) is 0 Å². The highest BCUT2D eigenvalue weighted by atomic mass is 32.2. The molecule has 1 aliphatic rings. The van der Waals surface area contributed by atoms with E-state index in [0.29, 0.717) is 5.92 Å². The molecule has 0 bridgehead atoms. The summed E-state index contributed by atoms with van der Waals surface area (Å²) in [6, 6.07) is 15.2. The molecule has 3 nitrogen and oxygen atoms in total. The second-order valence-electron chi connectivity index (χ2n) is 9.51. The fourth-order valence-electron chi connectivity index (χ4n) is 4.62. The van der Waals surface area contributed by atoms with Crippen LogP contribution in [0, 0.1) is 38.5 Å². The van der Waals surface area contributed by atoms with Crippen LogP contribution < -0.4 is 4.74 Å². The molecule has 1 aromatic heterocycles. The summed E-state index contributed by atoms with van der Waals surface area (Å²) in [7, 11) is -0.0703. The van der Waals surface area contributed by atoms with Crippen LogP contribution in [0.2, 0.25) is 0 Å². The Bertz CT molecular complexity index is 1210. The van der Waals surface area contributed by atoms with Crippen molar-refractivity contribution in [3.63, 3.8) is 0 Å². The number of carbonyl (C=O) groups is 1. The standard InChI is InChI=1S/C29H33O3S/c1-20-16-25(33-22(3)18-24-12-8-9-13-26(24)33)17-21(2)28(20)31-19-27(30)32-29(4,5)15-14-23-10-6-7-11-23/h8-9,12-13,16-18,23H,6-7,10-11,19H2,1-5H3/q+1. The van der Waals surface area contributed by atoms with Crippen LogP contribution in [-0.4, -0.2) is 18.2 Å². The largest absolute Gasteiger partial charge is 0.481 e. The van der Waals surface area contributed by atoms with Gasteiger partial charge in [0, 0.05) is 46.9 Å². The Hall–Kier alpha value is -2.77. The number of aryl methyl sites for hydroxylation is 3. The van der Waals surface area contributed by atoms with E-state index in [1.54, 1.807) is 0 Å². The molecule has 1 aliphatic carbocycles. The van der Waals surface area contributed by atoms with Crippen molar-refractivity contribution in [2.24, 2.45) is 5.92 Å². The summed E-state index contributed by atoms with van der Waals surface area (Å²) in [4.78, 5) is 15.1. The van der Waals surface area contributed by atoms with E-state index < -0.39 is 11.6 Å². The van der Waals surface area contributed by atoms with Gasteiger partial charge in [-0.2, -0.15) is 0 Å². The molecule has 1 atom stereocenters. The lowest BCUT2D eigenvalue weighted by Gasteiger charge is -2.20. The summed E-state index contributed by atoms with van der Waals surface area (Å²) in [6.07, 6.45) is 4.79. The molecule has 0 N–H and O–H groups in total. The number of benzene rings is 2. The van der Waals surface area contributed by atoms with Gasteiger partial charge in [0.2, 0.25) is 0 Å². The maximum absolute atomic E-state index is 12.5. The van der Waals surface area contributed by atoms with Crippen molar-refractivity contribution in [2.75, 3.05) is 6.61 Å². The van der Waals surface area contributed by atoms with Gasteiger partial charge in [0.05, 0.1) is 0 Å². The summed E-state index contributed by atoms with van der Waals surface area (Å²) in [6.45, 7) is 9.84. The lowest BCUT2D eigenvalue weighted by molar-refractivity contribution is -0.154. The van der Waals surface area contributed by atoms with Crippen molar-refractivity contribution in [2.45, 2.75) is 65.9 Å². The first kappa shape index (κ1) is 23.4. The molecule has 0 amide bonds. The fourth-order valence-corrected chi connectivity index (χ4v) is 7.01. The Morgan fingerprint density at radius 3 is 2.42 bits per heavy atom. The smallest absolute Gasteiger partial charge is 0.345 e. The van der Waals surface area contributed by atoms with E-state index in [0.717, 1.165) is 29.7 Å². The molecule has 172 valence electrons. The molecule has 1 heterocycles. The molecule has 4 heteroatoms. The highest BCUT2D eigenvalue weighted by Crippen LogP contribution is 2.45. The average Bonchev–Trinajstić information content (AvgIpc) is 3.38. The Morgan fingerprint density at radius 2 is 1.73 bits per heavy atom. The number of fused-ring (bicyclic) bond motifs is 1. The van der Waals surface area contributed by atoms with Gasteiger partial charge in [0.1, 0.15) is 5.75 Å². The van der Waals surface area contributed by atoms with Gasteiger partial charge in [-0.1, -0.05) is 36.8 Å². The van der Waals surface area contributed by atoms with Crippen LogP contribution in [0.15, 0.2) is 42.5 Å². The third-order valence-electron chi connectivity index (χ3n) is 6.13. The lowest BCUT2D eigenvalue weighted by atomic mass is 10.1. The minimum atomic E-state index is -0.808. The van der Waals surface area contributed by atoms with Gasteiger partial charge in [-0.15, -0.1) is 0 Å². The maximum atomic E-state index is 12.5. The van der Waals surface area contributed by atoms with Gasteiger partial charge in [0.25, 0.3) is 0 Å². The van der Waals surface area contributed by atoms with Crippen LogP contribution in [0.1, 0.15) is 55.5 Å². The number of hydrogen-bond donors (Lipinski definition) is 0. The van der Waals surface area contributed by atoms with Crippen molar-refractivity contribution in [1.82, 2.24) is 0 Å². The van der Waals surface area contributed by atoms with E-state index >= 15 is 0 Å². The van der Waals surface area contributed by atoms with Gasteiger partial charge in [0.15, 0.2) is 26.7 Å². The number of ether oxygens (including phenoxy) is 2. The van der Waals surface area contributed by atoms with Crippen LogP contribution in [-0.2, 0) is 9.53 Å². The molecule has 33 heavy (non-hydrogen) atoms. The van der Waals surface area contributed by atoms with Gasteiger partial charge in [-0.3, -0.25) is 0 Å². The quantitative estimate of drug-likeness (QED) is 0.226. The molecule has 0 radical (unpaired) electrons. The Kier molecular flexibility index (Phi) is 6.81. The first-order valence-electron chi connectivity index (χ1n) is 11.7. The zero-order chi connectivity index (χ0) is 23.6.